The molecule has 0 spiro atoms. The first-order chi connectivity index (χ1) is 12.6. The van der Waals surface area contributed by atoms with Crippen molar-refractivity contribution in [1.82, 2.24) is 14.9 Å². The molecule has 1 saturated heterocycles. The molecule has 0 aliphatic carbocycles. The Labute approximate surface area is 151 Å². The number of anilines is 2. The van der Waals surface area contributed by atoms with Gasteiger partial charge >= 0.3 is 0 Å². The molecule has 2 aromatic rings. The molecule has 8 heteroatoms. The van der Waals surface area contributed by atoms with Crippen molar-refractivity contribution in [1.29, 1.82) is 5.26 Å². The Morgan fingerprint density at radius 3 is 2.38 bits per heavy atom. The Kier molecular flexibility index (Phi) is 5.08. The van der Waals surface area contributed by atoms with Crippen LogP contribution in [-0.2, 0) is 4.79 Å². The van der Waals surface area contributed by atoms with Crippen molar-refractivity contribution >= 4 is 23.5 Å². The third-order valence-electron chi connectivity index (χ3n) is 4.20. The number of piperazine rings is 1. The normalized spacial score (nSPS) is 13.8. The average molecular weight is 350 g/mol. The average Bonchev–Trinajstić information content (AvgIpc) is 2.68. The second-order valence-corrected chi connectivity index (χ2v) is 5.88. The smallest absolute Gasteiger partial charge is 0.258 e. The van der Waals surface area contributed by atoms with Gasteiger partial charge in [0.2, 0.25) is 11.9 Å². The number of nitrogens with one attached hydrogen (secondary N) is 1. The number of nitrogens with zero attached hydrogens (tertiary/aromatic N) is 5. The van der Waals surface area contributed by atoms with E-state index in [-0.39, 0.29) is 11.8 Å². The van der Waals surface area contributed by atoms with E-state index >= 15 is 0 Å². The zero-order valence-electron chi connectivity index (χ0n) is 14.3. The Balaban J connectivity index is 1.65. The molecule has 26 heavy (non-hydrogen) atoms. The first-order valence-electron chi connectivity index (χ1n) is 8.21. The molecule has 0 atom stereocenters. The number of aromatic nitrogens is 2. The van der Waals surface area contributed by atoms with Crippen molar-refractivity contribution in [3.63, 3.8) is 0 Å². The zero-order valence-corrected chi connectivity index (χ0v) is 14.3. The minimum Gasteiger partial charge on any atom is -0.339 e. The summed E-state index contributed by atoms with van der Waals surface area (Å²) >= 11 is 0. The lowest BCUT2D eigenvalue weighted by Gasteiger charge is -2.34. The minimum absolute atomic E-state index is 0.0650. The molecule has 1 aliphatic heterocycles. The number of para-hydroxylation sites is 1. The summed E-state index contributed by atoms with van der Waals surface area (Å²) in [5, 5.41) is 11.8. The van der Waals surface area contributed by atoms with Gasteiger partial charge in [-0.3, -0.25) is 9.59 Å². The fourth-order valence-electron chi connectivity index (χ4n) is 2.71. The van der Waals surface area contributed by atoms with Gasteiger partial charge < -0.3 is 15.1 Å². The van der Waals surface area contributed by atoms with Gasteiger partial charge in [-0.1, -0.05) is 12.1 Å². The van der Waals surface area contributed by atoms with Crippen LogP contribution in [-0.4, -0.2) is 52.9 Å². The van der Waals surface area contributed by atoms with Crippen LogP contribution in [0.15, 0.2) is 36.7 Å². The first-order valence-corrected chi connectivity index (χ1v) is 8.21. The van der Waals surface area contributed by atoms with Gasteiger partial charge in [-0.05, 0) is 12.1 Å². The molecule has 1 fully saturated rings. The van der Waals surface area contributed by atoms with E-state index in [4.69, 9.17) is 5.26 Å². The van der Waals surface area contributed by atoms with E-state index in [1.807, 2.05) is 11.0 Å². The second kappa shape index (κ2) is 7.61. The Hall–Kier alpha value is -3.47. The van der Waals surface area contributed by atoms with Crippen LogP contribution in [0.5, 0.6) is 0 Å². The molecular weight excluding hydrogens is 332 g/mol. The summed E-state index contributed by atoms with van der Waals surface area (Å²) in [6.45, 7) is 4.13. The molecule has 1 aromatic carbocycles. The van der Waals surface area contributed by atoms with Gasteiger partial charge in [-0.15, -0.1) is 0 Å². The van der Waals surface area contributed by atoms with Crippen molar-refractivity contribution in [2.45, 2.75) is 6.92 Å². The lowest BCUT2D eigenvalue weighted by molar-refractivity contribution is -0.129. The maximum Gasteiger partial charge on any atom is 0.258 e. The van der Waals surface area contributed by atoms with E-state index in [9.17, 15) is 9.59 Å². The Morgan fingerprint density at radius 1 is 1.12 bits per heavy atom. The van der Waals surface area contributed by atoms with Crippen molar-refractivity contribution < 1.29 is 9.59 Å². The quantitative estimate of drug-likeness (QED) is 0.894. The molecule has 2 amide bonds. The molecule has 1 aromatic heterocycles. The highest BCUT2D eigenvalue weighted by atomic mass is 16.2. The third-order valence-corrected chi connectivity index (χ3v) is 4.20. The van der Waals surface area contributed by atoms with Gasteiger partial charge in [0.15, 0.2) is 0 Å². The van der Waals surface area contributed by atoms with Crippen LogP contribution in [0.4, 0.5) is 11.6 Å². The van der Waals surface area contributed by atoms with Crippen LogP contribution < -0.4 is 10.2 Å². The van der Waals surface area contributed by atoms with Gasteiger partial charge in [-0.2, -0.15) is 5.26 Å². The van der Waals surface area contributed by atoms with Gasteiger partial charge in [0.25, 0.3) is 5.91 Å². The molecule has 132 valence electrons. The van der Waals surface area contributed by atoms with Crippen molar-refractivity contribution in [3.8, 4) is 6.07 Å². The SMILES string of the molecule is CC(=O)N1CCN(c2ncc(C(=O)Nc3ccccc3C#N)cn2)CC1. The summed E-state index contributed by atoms with van der Waals surface area (Å²) in [7, 11) is 0. The van der Waals surface area contributed by atoms with E-state index in [0.29, 0.717) is 48.9 Å². The van der Waals surface area contributed by atoms with Gasteiger partial charge in [0, 0.05) is 45.5 Å². The zero-order chi connectivity index (χ0) is 18.5. The van der Waals surface area contributed by atoms with Crippen LogP contribution in [0.2, 0.25) is 0 Å². The molecule has 1 aliphatic rings. The van der Waals surface area contributed by atoms with Crippen molar-refractivity contribution in [2.75, 3.05) is 36.4 Å². The monoisotopic (exact) mass is 350 g/mol. The molecule has 1 N–H and O–H groups in total. The lowest BCUT2D eigenvalue weighted by Crippen LogP contribution is -2.48. The predicted octanol–water partition coefficient (Wildman–Crippen LogP) is 1.27. The number of hydrogen-bond acceptors (Lipinski definition) is 6. The fourth-order valence-corrected chi connectivity index (χ4v) is 2.71. The molecule has 3 rings (SSSR count). The maximum atomic E-state index is 12.3. The highest BCUT2D eigenvalue weighted by Gasteiger charge is 2.20. The molecule has 0 bridgehead atoms. The third kappa shape index (κ3) is 3.78. The number of amides is 2. The molecule has 0 radical (unpaired) electrons. The number of benzene rings is 1. The standard InChI is InChI=1S/C18H18N6O2/c1-13(25)23-6-8-24(9-7-23)18-20-11-15(12-21-18)17(26)22-16-5-3-2-4-14(16)10-19/h2-5,11-12H,6-9H2,1H3,(H,22,26). The van der Waals surface area contributed by atoms with Crippen molar-refractivity contribution in [2.24, 2.45) is 0 Å². The highest BCUT2D eigenvalue weighted by molar-refractivity contribution is 6.04. The number of hydrogen-bond donors (Lipinski definition) is 1. The molecule has 2 heterocycles. The van der Waals surface area contributed by atoms with Gasteiger partial charge in [0.1, 0.15) is 6.07 Å². The predicted molar refractivity (Wildman–Crippen MR) is 95.6 cm³/mol. The molecular formula is C18H18N6O2. The number of rotatable bonds is 3. The first kappa shape index (κ1) is 17.4. The Morgan fingerprint density at radius 2 is 1.77 bits per heavy atom. The largest absolute Gasteiger partial charge is 0.339 e. The molecule has 0 unspecified atom stereocenters. The van der Waals surface area contributed by atoms with Crippen LogP contribution >= 0.6 is 0 Å². The maximum absolute atomic E-state index is 12.3. The number of nitriles is 1. The summed E-state index contributed by atoms with van der Waals surface area (Å²) in [6.07, 6.45) is 2.92. The van der Waals surface area contributed by atoms with Crippen LogP contribution in [0.25, 0.3) is 0 Å². The van der Waals surface area contributed by atoms with E-state index in [1.165, 1.54) is 12.4 Å². The molecule has 8 nitrogen and oxygen atoms in total. The van der Waals surface area contributed by atoms with E-state index in [1.54, 1.807) is 36.1 Å². The summed E-state index contributed by atoms with van der Waals surface area (Å²) in [6, 6.07) is 8.82. The van der Waals surface area contributed by atoms with Crippen molar-refractivity contribution in [3.05, 3.63) is 47.8 Å². The van der Waals surface area contributed by atoms with Crippen LogP contribution in [0, 0.1) is 11.3 Å². The van der Waals surface area contributed by atoms with Gasteiger partial charge in [-0.25, -0.2) is 9.97 Å². The fraction of sp³-hybridized carbons (Fsp3) is 0.278. The summed E-state index contributed by atoms with van der Waals surface area (Å²) in [5.41, 5.74) is 1.15. The van der Waals surface area contributed by atoms with E-state index in [0.717, 1.165) is 0 Å². The van der Waals surface area contributed by atoms with Crippen LogP contribution in [0.3, 0.4) is 0 Å². The topological polar surface area (TPSA) is 102 Å². The lowest BCUT2D eigenvalue weighted by atomic mass is 10.2. The Bertz CT molecular complexity index is 851. The highest BCUT2D eigenvalue weighted by Crippen LogP contribution is 2.16. The summed E-state index contributed by atoms with van der Waals surface area (Å²) in [5.74, 6) is 0.220. The van der Waals surface area contributed by atoms with Gasteiger partial charge in [0.05, 0.1) is 16.8 Å². The number of carbonyl (C=O) groups excluding carboxylic acids is 2. The minimum atomic E-state index is -0.374. The molecule has 0 saturated carbocycles. The van der Waals surface area contributed by atoms with E-state index < -0.39 is 0 Å². The van der Waals surface area contributed by atoms with E-state index in [2.05, 4.69) is 15.3 Å². The number of carbonyl (C=O) groups is 2. The summed E-state index contributed by atoms with van der Waals surface area (Å²) in [4.78, 5) is 36.0. The van der Waals surface area contributed by atoms with Crippen LogP contribution in [0.1, 0.15) is 22.8 Å². The summed E-state index contributed by atoms with van der Waals surface area (Å²) < 4.78 is 0. The second-order valence-electron chi connectivity index (χ2n) is 5.88.